The van der Waals surface area contributed by atoms with Crippen LogP contribution in [0, 0.1) is 11.3 Å². The lowest BCUT2D eigenvalue weighted by atomic mass is 10.1. The van der Waals surface area contributed by atoms with E-state index < -0.39 is 0 Å². The van der Waals surface area contributed by atoms with Crippen LogP contribution >= 0.6 is 0 Å². The molecular formula is C28H26N4O. The van der Waals surface area contributed by atoms with Crippen LogP contribution in [0.1, 0.15) is 17.0 Å². The molecule has 0 bridgehead atoms. The van der Waals surface area contributed by atoms with E-state index in [1.807, 2.05) is 60.7 Å². The van der Waals surface area contributed by atoms with Crippen molar-refractivity contribution >= 4 is 0 Å². The zero-order valence-electron chi connectivity index (χ0n) is 18.5. The maximum Gasteiger partial charge on any atom is 0.209 e. The van der Waals surface area contributed by atoms with Gasteiger partial charge in [0, 0.05) is 43.9 Å². The highest BCUT2D eigenvalue weighted by molar-refractivity contribution is 5.76. The van der Waals surface area contributed by atoms with E-state index in [-0.39, 0.29) is 0 Å². The Kier molecular flexibility index (Phi) is 6.30. The quantitative estimate of drug-likeness (QED) is 0.418. The van der Waals surface area contributed by atoms with Crippen LogP contribution in [-0.4, -0.2) is 41.0 Å². The predicted molar refractivity (Wildman–Crippen MR) is 129 cm³/mol. The first-order valence-corrected chi connectivity index (χ1v) is 11.3. The maximum absolute atomic E-state index is 8.97. The molecule has 0 atom stereocenters. The molecule has 4 aromatic rings. The van der Waals surface area contributed by atoms with Gasteiger partial charge >= 0.3 is 0 Å². The van der Waals surface area contributed by atoms with Crippen molar-refractivity contribution in [2.24, 2.45) is 0 Å². The van der Waals surface area contributed by atoms with E-state index in [9.17, 15) is 0 Å². The van der Waals surface area contributed by atoms with Crippen molar-refractivity contribution in [1.82, 2.24) is 14.8 Å². The van der Waals surface area contributed by atoms with E-state index in [2.05, 4.69) is 40.1 Å². The average molecular weight is 435 g/mol. The van der Waals surface area contributed by atoms with Crippen LogP contribution in [0.4, 0.5) is 0 Å². The van der Waals surface area contributed by atoms with Crippen LogP contribution in [0.2, 0.25) is 0 Å². The number of hydrogen-bond donors (Lipinski definition) is 0. The Morgan fingerprint density at radius 2 is 1.30 bits per heavy atom. The molecule has 1 aliphatic rings. The molecule has 1 aliphatic heterocycles. The smallest absolute Gasteiger partial charge is 0.209 e. The van der Waals surface area contributed by atoms with Gasteiger partial charge in [-0.05, 0) is 17.7 Å². The molecule has 5 nitrogen and oxygen atoms in total. The molecule has 0 unspecified atom stereocenters. The van der Waals surface area contributed by atoms with Gasteiger partial charge in [0.1, 0.15) is 5.69 Å². The summed E-state index contributed by atoms with van der Waals surface area (Å²) < 4.78 is 6.31. The van der Waals surface area contributed by atoms with Crippen molar-refractivity contribution in [3.05, 3.63) is 102 Å². The molecule has 1 fully saturated rings. The minimum absolute atomic E-state index is 0.706. The number of oxazole rings is 1. The molecule has 1 aromatic heterocycles. The van der Waals surface area contributed by atoms with Crippen LogP contribution in [0.25, 0.3) is 22.6 Å². The number of benzene rings is 3. The van der Waals surface area contributed by atoms with Gasteiger partial charge in [0.05, 0.1) is 18.2 Å². The van der Waals surface area contributed by atoms with E-state index in [4.69, 9.17) is 14.7 Å². The monoisotopic (exact) mass is 434 g/mol. The summed E-state index contributed by atoms with van der Waals surface area (Å²) in [5.41, 5.74) is 4.96. The third kappa shape index (κ3) is 5.04. The number of piperazine rings is 1. The Hall–Kier alpha value is -3.72. The van der Waals surface area contributed by atoms with Gasteiger partial charge in [0.2, 0.25) is 5.89 Å². The van der Waals surface area contributed by atoms with Crippen molar-refractivity contribution in [1.29, 1.82) is 5.26 Å². The van der Waals surface area contributed by atoms with Crippen molar-refractivity contribution in [2.75, 3.05) is 26.2 Å². The van der Waals surface area contributed by atoms with Crippen LogP contribution in [-0.2, 0) is 13.1 Å². The lowest BCUT2D eigenvalue weighted by Crippen LogP contribution is -2.45. The van der Waals surface area contributed by atoms with E-state index in [1.165, 1.54) is 5.56 Å². The Morgan fingerprint density at radius 3 is 1.91 bits per heavy atom. The first-order valence-electron chi connectivity index (χ1n) is 11.3. The minimum atomic E-state index is 0.706. The molecular weight excluding hydrogens is 408 g/mol. The lowest BCUT2D eigenvalue weighted by molar-refractivity contribution is 0.114. The highest BCUT2D eigenvalue weighted by atomic mass is 16.4. The summed E-state index contributed by atoms with van der Waals surface area (Å²) in [6, 6.07) is 30.5. The molecule has 0 amide bonds. The molecule has 3 aromatic carbocycles. The molecule has 0 saturated carbocycles. The topological polar surface area (TPSA) is 56.3 Å². The molecule has 5 rings (SSSR count). The summed E-state index contributed by atoms with van der Waals surface area (Å²) in [6.07, 6.45) is 0. The standard InChI is InChI=1S/C28H26N4O/c29-19-22-11-13-23(14-12-22)20-31-15-17-32(18-16-31)21-26-30-27(24-7-3-1-4-8-24)28(33-26)25-9-5-2-6-10-25/h1-14H,15-18,20-21H2. The fraction of sp³-hybridized carbons (Fsp3) is 0.214. The second-order valence-electron chi connectivity index (χ2n) is 8.38. The molecule has 0 spiro atoms. The van der Waals surface area contributed by atoms with Gasteiger partial charge in [0.25, 0.3) is 0 Å². The van der Waals surface area contributed by atoms with E-state index in [0.29, 0.717) is 12.1 Å². The second kappa shape index (κ2) is 9.83. The van der Waals surface area contributed by atoms with Crippen LogP contribution in [0.5, 0.6) is 0 Å². The average Bonchev–Trinajstić information content (AvgIpc) is 3.30. The van der Waals surface area contributed by atoms with E-state index in [1.54, 1.807) is 0 Å². The van der Waals surface area contributed by atoms with Crippen molar-refractivity contribution < 1.29 is 4.42 Å². The number of hydrogen-bond acceptors (Lipinski definition) is 5. The lowest BCUT2D eigenvalue weighted by Gasteiger charge is -2.34. The highest BCUT2D eigenvalue weighted by Crippen LogP contribution is 2.33. The largest absolute Gasteiger partial charge is 0.439 e. The molecule has 0 aliphatic carbocycles. The summed E-state index contributed by atoms with van der Waals surface area (Å²) in [5.74, 6) is 1.59. The summed E-state index contributed by atoms with van der Waals surface area (Å²) in [6.45, 7) is 5.56. The van der Waals surface area contributed by atoms with Crippen molar-refractivity contribution in [2.45, 2.75) is 13.1 Å². The Morgan fingerprint density at radius 1 is 0.727 bits per heavy atom. The summed E-state index contributed by atoms with van der Waals surface area (Å²) in [4.78, 5) is 9.77. The number of nitrogens with zero attached hydrogens (tertiary/aromatic N) is 4. The maximum atomic E-state index is 8.97. The second-order valence-corrected chi connectivity index (χ2v) is 8.38. The molecule has 0 radical (unpaired) electrons. The normalized spacial score (nSPS) is 14.8. The van der Waals surface area contributed by atoms with Gasteiger partial charge in [-0.15, -0.1) is 0 Å². The SMILES string of the molecule is N#Cc1ccc(CN2CCN(Cc3nc(-c4ccccc4)c(-c4ccccc4)o3)CC2)cc1. The van der Waals surface area contributed by atoms with Gasteiger partial charge < -0.3 is 4.42 Å². The predicted octanol–water partition coefficient (Wildman–Crippen LogP) is 5.20. The third-order valence-electron chi connectivity index (χ3n) is 6.07. The molecule has 1 saturated heterocycles. The zero-order valence-corrected chi connectivity index (χ0v) is 18.5. The highest BCUT2D eigenvalue weighted by Gasteiger charge is 2.21. The van der Waals surface area contributed by atoms with Gasteiger partial charge in [-0.25, -0.2) is 4.98 Å². The van der Waals surface area contributed by atoms with Crippen LogP contribution < -0.4 is 0 Å². The van der Waals surface area contributed by atoms with Crippen molar-refractivity contribution in [3.63, 3.8) is 0 Å². The minimum Gasteiger partial charge on any atom is -0.439 e. The fourth-order valence-electron chi connectivity index (χ4n) is 4.25. The zero-order chi connectivity index (χ0) is 22.5. The fourth-order valence-corrected chi connectivity index (χ4v) is 4.25. The van der Waals surface area contributed by atoms with Gasteiger partial charge in [-0.1, -0.05) is 72.8 Å². The Bertz CT molecular complexity index is 1160. The number of aromatic nitrogens is 1. The third-order valence-corrected chi connectivity index (χ3v) is 6.07. The first kappa shape index (κ1) is 21.1. The van der Waals surface area contributed by atoms with E-state index >= 15 is 0 Å². The summed E-state index contributed by atoms with van der Waals surface area (Å²) >= 11 is 0. The first-order chi connectivity index (χ1) is 16.3. The Balaban J connectivity index is 1.26. The van der Waals surface area contributed by atoms with Gasteiger partial charge in [0.15, 0.2) is 5.76 Å². The van der Waals surface area contributed by atoms with Gasteiger partial charge in [-0.3, -0.25) is 9.80 Å². The van der Waals surface area contributed by atoms with Gasteiger partial charge in [-0.2, -0.15) is 5.26 Å². The van der Waals surface area contributed by atoms with Crippen LogP contribution in [0.3, 0.4) is 0 Å². The van der Waals surface area contributed by atoms with Crippen LogP contribution in [0.15, 0.2) is 89.3 Å². The molecule has 2 heterocycles. The molecule has 33 heavy (non-hydrogen) atoms. The summed E-state index contributed by atoms with van der Waals surface area (Å²) in [5, 5.41) is 8.97. The molecule has 0 N–H and O–H groups in total. The number of nitriles is 1. The van der Waals surface area contributed by atoms with E-state index in [0.717, 1.165) is 61.2 Å². The summed E-state index contributed by atoms with van der Waals surface area (Å²) in [7, 11) is 0. The molecule has 5 heteroatoms. The van der Waals surface area contributed by atoms with Crippen molar-refractivity contribution in [3.8, 4) is 28.7 Å². The molecule has 164 valence electrons. The Labute approximate surface area is 194 Å². The number of rotatable bonds is 6.